The Hall–Kier alpha value is -3.68. The molecule has 2 heterocycles. The summed E-state index contributed by atoms with van der Waals surface area (Å²) in [5.41, 5.74) is -1.63. The van der Waals surface area contributed by atoms with Crippen molar-refractivity contribution in [3.63, 3.8) is 0 Å². The number of aromatic nitrogens is 1. The number of nitrogens with one attached hydrogen (secondary N) is 2. The number of anilines is 1. The third-order valence-corrected chi connectivity index (χ3v) is 8.29. The predicted octanol–water partition coefficient (Wildman–Crippen LogP) is 5.03. The molecule has 1 aromatic heterocycles. The fraction of sp³-hybridized carbons (Fsp3) is 0.385. The van der Waals surface area contributed by atoms with E-state index in [2.05, 4.69) is 20.4 Å². The average Bonchev–Trinajstić information content (AvgIpc) is 2.88. The van der Waals surface area contributed by atoms with Crippen molar-refractivity contribution in [2.24, 2.45) is 5.92 Å². The molecule has 0 spiro atoms. The van der Waals surface area contributed by atoms with E-state index in [0.29, 0.717) is 30.2 Å². The molecule has 1 fully saturated rings. The number of halogens is 5. The maximum atomic E-state index is 14.0. The van der Waals surface area contributed by atoms with Gasteiger partial charge in [-0.05, 0) is 54.7 Å². The van der Waals surface area contributed by atoms with Gasteiger partial charge in [0.05, 0.1) is 29.7 Å². The van der Waals surface area contributed by atoms with Crippen LogP contribution in [-0.2, 0) is 22.6 Å². The lowest BCUT2D eigenvalue weighted by Gasteiger charge is -2.22. The van der Waals surface area contributed by atoms with Crippen LogP contribution in [0.15, 0.2) is 42.5 Å². The van der Waals surface area contributed by atoms with Crippen molar-refractivity contribution in [1.29, 1.82) is 0 Å². The molecule has 1 atom stereocenters. The molecule has 2 N–H and O–H groups in total. The zero-order chi connectivity index (χ0) is 29.1. The Morgan fingerprint density at radius 3 is 2.48 bits per heavy atom. The van der Waals surface area contributed by atoms with Gasteiger partial charge >= 0.3 is 12.8 Å². The van der Waals surface area contributed by atoms with Gasteiger partial charge in [-0.2, -0.15) is 22.0 Å². The summed E-state index contributed by atoms with van der Waals surface area (Å²) in [4.78, 5) is 16.9. The second kappa shape index (κ2) is 11.8. The van der Waals surface area contributed by atoms with Gasteiger partial charge in [-0.25, -0.2) is 13.4 Å². The van der Waals surface area contributed by atoms with Gasteiger partial charge in [0.25, 0.3) is 5.91 Å². The van der Waals surface area contributed by atoms with E-state index in [1.165, 1.54) is 13.2 Å². The number of nitrogens with zero attached hydrogens (tertiary/aromatic N) is 1. The van der Waals surface area contributed by atoms with Gasteiger partial charge in [-0.3, -0.25) is 4.79 Å². The number of hydrogen-bond acceptors (Lipinski definition) is 7. The summed E-state index contributed by atoms with van der Waals surface area (Å²) in [7, 11) is -1.73. The Morgan fingerprint density at radius 2 is 1.85 bits per heavy atom. The minimum absolute atomic E-state index is 0.000313. The third-order valence-electron chi connectivity index (χ3n) is 6.40. The summed E-state index contributed by atoms with van der Waals surface area (Å²) in [6, 6.07) is 9.41. The zero-order valence-electron chi connectivity index (χ0n) is 21.2. The minimum atomic E-state index is -5.01. The molecule has 8 nitrogen and oxygen atoms in total. The molecule has 2 aromatic carbocycles. The van der Waals surface area contributed by atoms with E-state index in [1.54, 1.807) is 24.3 Å². The SMILES string of the molecule is COc1ccc(CNc2cc(C(=O)NCC3CCCS(=O)(=O)C3)nc3c(C(F)(F)F)cc(OC(F)F)cc23)cc1. The van der Waals surface area contributed by atoms with E-state index in [4.69, 9.17) is 4.74 Å². The Bertz CT molecular complexity index is 1480. The first-order chi connectivity index (χ1) is 18.8. The monoisotopic (exact) mass is 587 g/mol. The van der Waals surface area contributed by atoms with Gasteiger partial charge in [0.15, 0.2) is 9.84 Å². The van der Waals surface area contributed by atoms with E-state index < -0.39 is 45.4 Å². The highest BCUT2D eigenvalue weighted by Gasteiger charge is 2.35. The highest BCUT2D eigenvalue weighted by atomic mass is 32.2. The first-order valence-electron chi connectivity index (χ1n) is 12.2. The standard InChI is InChI=1S/C26H26F5N3O5S/c1-38-17-6-4-15(5-7-17)12-32-21-11-22(24(35)33-13-16-3-2-8-40(36,37)14-16)34-23-19(21)9-18(39-25(27)28)10-20(23)26(29,30)31/h4-7,9-11,16,25H,2-3,8,12-14H2,1H3,(H,32,34)(H,33,35). The Kier molecular flexibility index (Phi) is 8.66. The van der Waals surface area contributed by atoms with Crippen molar-refractivity contribution in [2.75, 3.05) is 30.5 Å². The van der Waals surface area contributed by atoms with E-state index in [9.17, 15) is 35.2 Å². The summed E-state index contributed by atoms with van der Waals surface area (Å²) in [6.45, 7) is -3.26. The molecule has 1 amide bonds. The first-order valence-corrected chi connectivity index (χ1v) is 14.0. The number of fused-ring (bicyclic) bond motifs is 1. The second-order valence-electron chi connectivity index (χ2n) is 9.33. The predicted molar refractivity (Wildman–Crippen MR) is 137 cm³/mol. The molecular formula is C26H26F5N3O5S. The molecule has 1 saturated heterocycles. The Labute approximate surface area is 226 Å². The number of methoxy groups -OCH3 is 1. The number of carbonyl (C=O) groups excluding carboxylic acids is 1. The van der Waals surface area contributed by atoms with Crippen LogP contribution in [-0.4, -0.2) is 51.1 Å². The molecule has 0 bridgehead atoms. The fourth-order valence-electron chi connectivity index (χ4n) is 4.50. The summed E-state index contributed by atoms with van der Waals surface area (Å²) < 4.78 is 101. The van der Waals surface area contributed by atoms with Crippen molar-refractivity contribution in [3.05, 3.63) is 59.3 Å². The normalized spacial score (nSPS) is 17.0. The van der Waals surface area contributed by atoms with Gasteiger partial charge in [0.2, 0.25) is 0 Å². The van der Waals surface area contributed by atoms with Gasteiger partial charge < -0.3 is 20.1 Å². The lowest BCUT2D eigenvalue weighted by molar-refractivity contribution is -0.136. The quantitative estimate of drug-likeness (QED) is 0.338. The maximum Gasteiger partial charge on any atom is 0.418 e. The Balaban J connectivity index is 1.72. The second-order valence-corrected chi connectivity index (χ2v) is 11.6. The number of amides is 1. The number of rotatable bonds is 9. The van der Waals surface area contributed by atoms with Crippen LogP contribution in [0.5, 0.6) is 11.5 Å². The fourth-order valence-corrected chi connectivity index (χ4v) is 6.27. The topological polar surface area (TPSA) is 107 Å². The van der Waals surface area contributed by atoms with E-state index >= 15 is 0 Å². The number of carbonyl (C=O) groups is 1. The number of ether oxygens (including phenoxy) is 2. The van der Waals surface area contributed by atoms with Crippen molar-refractivity contribution in [2.45, 2.75) is 32.2 Å². The third kappa shape index (κ3) is 7.29. The molecule has 1 aliphatic rings. The van der Waals surface area contributed by atoms with Crippen molar-refractivity contribution < 1.29 is 44.6 Å². The number of pyridine rings is 1. The lowest BCUT2D eigenvalue weighted by atomic mass is 10.0. The maximum absolute atomic E-state index is 14.0. The van der Waals surface area contributed by atoms with Crippen LogP contribution in [0.1, 0.15) is 34.5 Å². The van der Waals surface area contributed by atoms with E-state index in [0.717, 1.165) is 6.07 Å². The molecule has 0 aliphatic carbocycles. The molecule has 0 saturated carbocycles. The smallest absolute Gasteiger partial charge is 0.418 e. The van der Waals surface area contributed by atoms with Crippen LogP contribution < -0.4 is 20.1 Å². The van der Waals surface area contributed by atoms with Crippen LogP contribution in [0.4, 0.5) is 27.6 Å². The molecule has 4 rings (SSSR count). The summed E-state index contributed by atoms with van der Waals surface area (Å²) in [5.74, 6) is -1.30. The van der Waals surface area contributed by atoms with Crippen LogP contribution in [0.25, 0.3) is 10.9 Å². The molecule has 3 aromatic rings. The lowest BCUT2D eigenvalue weighted by Crippen LogP contribution is -2.36. The van der Waals surface area contributed by atoms with Crippen LogP contribution in [0, 0.1) is 5.92 Å². The van der Waals surface area contributed by atoms with Crippen LogP contribution >= 0.6 is 0 Å². The van der Waals surface area contributed by atoms with E-state index in [1.807, 2.05) is 0 Å². The van der Waals surface area contributed by atoms with Crippen molar-refractivity contribution in [3.8, 4) is 11.5 Å². The average molecular weight is 588 g/mol. The minimum Gasteiger partial charge on any atom is -0.497 e. The Morgan fingerprint density at radius 1 is 1.12 bits per heavy atom. The van der Waals surface area contributed by atoms with Crippen molar-refractivity contribution >= 4 is 32.3 Å². The zero-order valence-corrected chi connectivity index (χ0v) is 22.0. The molecule has 0 radical (unpaired) electrons. The van der Waals surface area contributed by atoms with E-state index in [-0.39, 0.29) is 47.3 Å². The van der Waals surface area contributed by atoms with Crippen LogP contribution in [0.3, 0.4) is 0 Å². The largest absolute Gasteiger partial charge is 0.497 e. The number of alkyl halides is 5. The molecular weight excluding hydrogens is 561 g/mol. The summed E-state index contributed by atoms with van der Waals surface area (Å²) >= 11 is 0. The molecule has 1 aliphatic heterocycles. The van der Waals surface area contributed by atoms with Gasteiger partial charge in [0.1, 0.15) is 17.2 Å². The van der Waals surface area contributed by atoms with Gasteiger partial charge in [-0.1, -0.05) is 12.1 Å². The first kappa shape index (κ1) is 29.3. The number of benzene rings is 2. The van der Waals surface area contributed by atoms with Crippen molar-refractivity contribution in [1.82, 2.24) is 10.3 Å². The number of hydrogen-bond donors (Lipinski definition) is 2. The molecule has 14 heteroatoms. The molecule has 1 unspecified atom stereocenters. The van der Waals surface area contributed by atoms with Gasteiger partial charge in [-0.15, -0.1) is 0 Å². The molecule has 216 valence electrons. The molecule has 40 heavy (non-hydrogen) atoms. The summed E-state index contributed by atoms with van der Waals surface area (Å²) in [6.07, 6.45) is -3.98. The highest BCUT2D eigenvalue weighted by molar-refractivity contribution is 7.91. The number of sulfone groups is 1. The summed E-state index contributed by atoms with van der Waals surface area (Å²) in [5, 5.41) is 5.34. The van der Waals surface area contributed by atoms with Gasteiger partial charge in [0, 0.05) is 24.2 Å². The highest BCUT2D eigenvalue weighted by Crippen LogP contribution is 2.40. The van der Waals surface area contributed by atoms with Crippen LogP contribution in [0.2, 0.25) is 0 Å².